The highest BCUT2D eigenvalue weighted by atomic mass is 14.9. The number of nitrogens with zero attached hydrogens (tertiary/aromatic N) is 2. The number of nitrogens with two attached hydrogens (primary N) is 1. The van der Waals surface area contributed by atoms with Gasteiger partial charge in [0.15, 0.2) is 5.82 Å². The monoisotopic (exact) mass is 238 g/mol. The van der Waals surface area contributed by atoms with E-state index in [0.29, 0.717) is 5.69 Å². The Morgan fingerprint density at radius 1 is 1.11 bits per heavy atom. The van der Waals surface area contributed by atoms with Crippen molar-refractivity contribution < 1.29 is 0 Å². The van der Waals surface area contributed by atoms with Gasteiger partial charge in [0.1, 0.15) is 5.69 Å². The smallest absolute Gasteiger partial charge is 0.157 e. The third-order valence-corrected chi connectivity index (χ3v) is 3.13. The number of fused-ring (bicyclic) bond motifs is 1. The Bertz CT molecular complexity index is 671. The van der Waals surface area contributed by atoms with E-state index < -0.39 is 0 Å². The van der Waals surface area contributed by atoms with Gasteiger partial charge in [-0.15, -0.1) is 0 Å². The first-order valence-corrected chi connectivity index (χ1v) is 5.82. The summed E-state index contributed by atoms with van der Waals surface area (Å²) in [5.41, 5.74) is 11.6. The minimum absolute atomic E-state index is 0.654. The van der Waals surface area contributed by atoms with Crippen LogP contribution in [0.5, 0.6) is 0 Å². The van der Waals surface area contributed by atoms with Gasteiger partial charge in [0.25, 0.3) is 0 Å². The number of imidazole rings is 1. The summed E-state index contributed by atoms with van der Waals surface area (Å²) in [6.07, 6.45) is 1.64. The van der Waals surface area contributed by atoms with E-state index >= 15 is 0 Å². The number of aromatic amines is 1. The number of nitrogen functional groups attached to an aromatic ring is 1. The number of hydrogen-bond donors (Lipinski definition) is 2. The highest BCUT2D eigenvalue weighted by Gasteiger charge is 2.07. The van der Waals surface area contributed by atoms with Crippen LogP contribution in [0.3, 0.4) is 0 Å². The first-order chi connectivity index (χ1) is 8.63. The molecule has 2 aromatic heterocycles. The second-order valence-electron chi connectivity index (χ2n) is 4.52. The molecule has 4 nitrogen and oxygen atoms in total. The number of benzene rings is 1. The van der Waals surface area contributed by atoms with Crippen molar-refractivity contribution in [2.45, 2.75) is 13.8 Å². The zero-order valence-electron chi connectivity index (χ0n) is 10.4. The van der Waals surface area contributed by atoms with Crippen molar-refractivity contribution in [3.8, 4) is 11.5 Å². The van der Waals surface area contributed by atoms with Crippen molar-refractivity contribution in [3.63, 3.8) is 0 Å². The normalized spacial score (nSPS) is 11.0. The van der Waals surface area contributed by atoms with E-state index in [0.717, 1.165) is 22.6 Å². The summed E-state index contributed by atoms with van der Waals surface area (Å²) in [6.45, 7) is 4.18. The fourth-order valence-electron chi connectivity index (χ4n) is 1.94. The average molecular weight is 238 g/mol. The highest BCUT2D eigenvalue weighted by Crippen LogP contribution is 2.22. The predicted molar refractivity (Wildman–Crippen MR) is 73.2 cm³/mol. The van der Waals surface area contributed by atoms with Crippen molar-refractivity contribution in [2.24, 2.45) is 0 Å². The minimum atomic E-state index is 0.654. The third-order valence-electron chi connectivity index (χ3n) is 3.13. The van der Waals surface area contributed by atoms with E-state index in [-0.39, 0.29) is 0 Å². The molecule has 1 aromatic carbocycles. The molecule has 0 saturated heterocycles. The molecule has 0 aliphatic heterocycles. The van der Waals surface area contributed by atoms with Gasteiger partial charge in [-0.2, -0.15) is 0 Å². The maximum absolute atomic E-state index is 5.63. The van der Waals surface area contributed by atoms with Crippen LogP contribution in [0.25, 0.3) is 22.6 Å². The molecule has 18 heavy (non-hydrogen) atoms. The zero-order chi connectivity index (χ0) is 12.7. The molecule has 0 amide bonds. The summed E-state index contributed by atoms with van der Waals surface area (Å²) in [5.74, 6) is 0.773. The fourth-order valence-corrected chi connectivity index (χ4v) is 1.94. The number of aryl methyl sites for hydroxylation is 2. The Morgan fingerprint density at radius 2 is 1.89 bits per heavy atom. The number of anilines is 1. The van der Waals surface area contributed by atoms with Crippen LogP contribution in [0.15, 0.2) is 30.5 Å². The summed E-state index contributed by atoms with van der Waals surface area (Å²) in [7, 11) is 0. The summed E-state index contributed by atoms with van der Waals surface area (Å²) in [6, 6.07) is 7.89. The van der Waals surface area contributed by atoms with Gasteiger partial charge in [0.2, 0.25) is 0 Å². The molecule has 2 heterocycles. The van der Waals surface area contributed by atoms with Crippen molar-refractivity contribution in [1.29, 1.82) is 0 Å². The first-order valence-electron chi connectivity index (χ1n) is 5.82. The molecule has 0 radical (unpaired) electrons. The van der Waals surface area contributed by atoms with Crippen molar-refractivity contribution in [3.05, 3.63) is 41.6 Å². The fraction of sp³-hybridized carbons (Fsp3) is 0.143. The van der Waals surface area contributed by atoms with Crippen molar-refractivity contribution in [1.82, 2.24) is 15.0 Å². The number of aromatic nitrogens is 3. The van der Waals surface area contributed by atoms with Gasteiger partial charge >= 0.3 is 0 Å². The lowest BCUT2D eigenvalue weighted by atomic mass is 10.1. The van der Waals surface area contributed by atoms with Crippen LogP contribution < -0.4 is 5.73 Å². The largest absolute Gasteiger partial charge is 0.397 e. The topological polar surface area (TPSA) is 67.6 Å². The molecule has 0 aliphatic carbocycles. The maximum atomic E-state index is 5.63. The molecule has 3 N–H and O–H groups in total. The van der Waals surface area contributed by atoms with Crippen LogP contribution in [0.4, 0.5) is 5.69 Å². The Morgan fingerprint density at radius 3 is 2.61 bits per heavy atom. The van der Waals surface area contributed by atoms with Crippen molar-refractivity contribution >= 4 is 16.7 Å². The van der Waals surface area contributed by atoms with Crippen LogP contribution in [0, 0.1) is 13.8 Å². The molecule has 0 fully saturated rings. The SMILES string of the molecule is Cc1cc2nc(-c3ccc(N)cn3)[nH]c2cc1C. The number of H-pyrrole nitrogens is 1. The molecule has 0 unspecified atom stereocenters. The molecule has 3 aromatic rings. The standard InChI is InChI=1S/C14H14N4/c1-8-5-12-13(6-9(8)2)18-14(17-12)11-4-3-10(15)7-16-11/h3-7H,15H2,1-2H3,(H,17,18). The molecule has 0 spiro atoms. The minimum Gasteiger partial charge on any atom is -0.397 e. The Kier molecular flexibility index (Phi) is 2.30. The van der Waals surface area contributed by atoms with Crippen molar-refractivity contribution in [2.75, 3.05) is 5.73 Å². The summed E-state index contributed by atoms with van der Waals surface area (Å²) in [5, 5.41) is 0. The molecular weight excluding hydrogens is 224 g/mol. The second-order valence-corrected chi connectivity index (χ2v) is 4.52. The van der Waals surface area contributed by atoms with Gasteiger partial charge in [-0.05, 0) is 49.2 Å². The van der Waals surface area contributed by atoms with Crippen LogP contribution in [-0.2, 0) is 0 Å². The van der Waals surface area contributed by atoms with Crippen LogP contribution in [0.1, 0.15) is 11.1 Å². The van der Waals surface area contributed by atoms with Crippen LogP contribution >= 0.6 is 0 Å². The van der Waals surface area contributed by atoms with Gasteiger partial charge in [-0.25, -0.2) is 4.98 Å². The Hall–Kier alpha value is -2.36. The first kappa shape index (κ1) is 10.8. The van der Waals surface area contributed by atoms with E-state index in [9.17, 15) is 0 Å². The van der Waals surface area contributed by atoms with E-state index in [4.69, 9.17) is 5.73 Å². The maximum Gasteiger partial charge on any atom is 0.157 e. The predicted octanol–water partition coefficient (Wildman–Crippen LogP) is 2.82. The number of hydrogen-bond acceptors (Lipinski definition) is 3. The lowest BCUT2D eigenvalue weighted by Gasteiger charge is -1.97. The highest BCUT2D eigenvalue weighted by molar-refractivity contribution is 5.80. The van der Waals surface area contributed by atoms with E-state index in [2.05, 4.69) is 40.9 Å². The van der Waals surface area contributed by atoms with Gasteiger partial charge in [0.05, 0.1) is 22.9 Å². The lowest BCUT2D eigenvalue weighted by Crippen LogP contribution is -1.89. The van der Waals surface area contributed by atoms with Crippen LogP contribution in [0.2, 0.25) is 0 Å². The lowest BCUT2D eigenvalue weighted by molar-refractivity contribution is 1.24. The van der Waals surface area contributed by atoms with Gasteiger partial charge < -0.3 is 10.7 Å². The molecular formula is C14H14N4. The number of rotatable bonds is 1. The molecule has 0 aliphatic rings. The van der Waals surface area contributed by atoms with Gasteiger partial charge in [0, 0.05) is 0 Å². The third kappa shape index (κ3) is 1.72. The average Bonchev–Trinajstić information content (AvgIpc) is 2.73. The van der Waals surface area contributed by atoms with E-state index in [1.54, 1.807) is 6.20 Å². The molecule has 0 bridgehead atoms. The quantitative estimate of drug-likeness (QED) is 0.685. The van der Waals surface area contributed by atoms with E-state index in [1.165, 1.54) is 11.1 Å². The molecule has 90 valence electrons. The van der Waals surface area contributed by atoms with Gasteiger partial charge in [-0.3, -0.25) is 4.98 Å². The number of pyridine rings is 1. The Labute approximate surface area is 105 Å². The summed E-state index contributed by atoms with van der Waals surface area (Å²) >= 11 is 0. The number of nitrogens with one attached hydrogen (secondary N) is 1. The molecule has 0 atom stereocenters. The second kappa shape index (κ2) is 3.84. The molecule has 4 heteroatoms. The Balaban J connectivity index is 2.16. The molecule has 0 saturated carbocycles. The van der Waals surface area contributed by atoms with Crippen LogP contribution in [-0.4, -0.2) is 15.0 Å². The van der Waals surface area contributed by atoms with E-state index in [1.807, 2.05) is 12.1 Å². The molecule has 3 rings (SSSR count). The summed E-state index contributed by atoms with van der Waals surface area (Å²) < 4.78 is 0. The summed E-state index contributed by atoms with van der Waals surface area (Å²) in [4.78, 5) is 12.1. The van der Waals surface area contributed by atoms with Gasteiger partial charge in [-0.1, -0.05) is 0 Å². The zero-order valence-corrected chi connectivity index (χ0v) is 10.4.